The first-order chi connectivity index (χ1) is 13.8. The fourth-order valence-electron chi connectivity index (χ4n) is 4.50. The third-order valence-electron chi connectivity index (χ3n) is 5.67. The average molecular weight is 395 g/mol. The van der Waals surface area contributed by atoms with E-state index in [9.17, 15) is 4.79 Å². The van der Waals surface area contributed by atoms with E-state index in [2.05, 4.69) is 73.0 Å². The molecule has 2 aliphatic heterocycles. The Balaban J connectivity index is 1.61. The molecule has 2 amide bonds. The number of amides is 2. The van der Waals surface area contributed by atoms with Crippen molar-refractivity contribution in [3.8, 4) is 0 Å². The fraction of sp³-hybridized carbons (Fsp3) is 0.458. The Morgan fingerprint density at radius 1 is 0.828 bits per heavy atom. The lowest BCUT2D eigenvalue weighted by molar-refractivity contribution is -0.150. The van der Waals surface area contributed by atoms with E-state index in [0.29, 0.717) is 12.8 Å². The van der Waals surface area contributed by atoms with Gasteiger partial charge in [0.15, 0.2) is 5.79 Å². The number of hydrogen-bond donors (Lipinski definition) is 2. The number of nitrogens with one attached hydrogen (secondary N) is 2. The summed E-state index contributed by atoms with van der Waals surface area (Å²) >= 11 is 0. The van der Waals surface area contributed by atoms with Crippen molar-refractivity contribution in [2.75, 3.05) is 0 Å². The van der Waals surface area contributed by atoms with Gasteiger partial charge < -0.3 is 20.1 Å². The van der Waals surface area contributed by atoms with E-state index >= 15 is 0 Å². The third-order valence-corrected chi connectivity index (χ3v) is 5.67. The van der Waals surface area contributed by atoms with Crippen molar-refractivity contribution >= 4 is 6.03 Å². The van der Waals surface area contributed by atoms with Crippen LogP contribution < -0.4 is 10.6 Å². The van der Waals surface area contributed by atoms with Crippen molar-refractivity contribution in [3.05, 3.63) is 70.8 Å². The number of fused-ring (bicyclic) bond motifs is 1. The van der Waals surface area contributed by atoms with Gasteiger partial charge in [-0.15, -0.1) is 0 Å². The first-order valence-electron chi connectivity index (χ1n) is 10.3. The zero-order chi connectivity index (χ0) is 20.6. The van der Waals surface area contributed by atoms with E-state index in [1.54, 1.807) is 0 Å². The number of hydrogen-bond acceptors (Lipinski definition) is 3. The standard InChI is InChI=1S/C24H30N2O3/c1-15-7-5-9-17(11-15)13-19-21-22(29-24(3,4)28-21)20(26-23(27)25-19)14-18-10-6-8-16(2)12-18/h5-12,19-22H,13-14H2,1-4H3,(H2,25,26,27)/t19-,20-,21+,22+/m1/s1. The maximum absolute atomic E-state index is 12.7. The van der Waals surface area contributed by atoms with Gasteiger partial charge in [0.1, 0.15) is 12.2 Å². The molecule has 2 fully saturated rings. The third kappa shape index (κ3) is 4.62. The number of aryl methyl sites for hydroxylation is 2. The fourth-order valence-corrected chi connectivity index (χ4v) is 4.50. The maximum atomic E-state index is 12.7. The highest BCUT2D eigenvalue weighted by Gasteiger charge is 2.50. The van der Waals surface area contributed by atoms with E-state index in [4.69, 9.17) is 9.47 Å². The van der Waals surface area contributed by atoms with Gasteiger partial charge in [-0.2, -0.15) is 0 Å². The number of carbonyl (C=O) groups is 1. The molecule has 5 heteroatoms. The molecule has 0 aliphatic carbocycles. The SMILES string of the molecule is Cc1cccc(C[C@H]2NC(=O)N[C@H](Cc3cccc(C)c3)[C@@H]3OC(C)(C)O[C@H]32)c1. The van der Waals surface area contributed by atoms with Crippen LogP contribution in [0.5, 0.6) is 0 Å². The van der Waals surface area contributed by atoms with Crippen LogP contribution in [-0.2, 0) is 22.3 Å². The summed E-state index contributed by atoms with van der Waals surface area (Å²) in [5.41, 5.74) is 4.77. The Kier molecular flexibility index (Phi) is 5.36. The van der Waals surface area contributed by atoms with Gasteiger partial charge in [0.05, 0.1) is 12.1 Å². The summed E-state index contributed by atoms with van der Waals surface area (Å²) in [5.74, 6) is -0.686. The van der Waals surface area contributed by atoms with Crippen LogP contribution in [0, 0.1) is 13.8 Å². The van der Waals surface area contributed by atoms with Crippen LogP contribution in [0.1, 0.15) is 36.1 Å². The van der Waals surface area contributed by atoms with E-state index in [1.165, 1.54) is 22.3 Å². The molecule has 2 saturated heterocycles. The lowest BCUT2D eigenvalue weighted by Gasteiger charge is -2.26. The highest BCUT2D eigenvalue weighted by Crippen LogP contribution is 2.34. The molecule has 2 aromatic carbocycles. The van der Waals surface area contributed by atoms with Gasteiger partial charge in [-0.25, -0.2) is 4.79 Å². The van der Waals surface area contributed by atoms with Crippen LogP contribution in [0.3, 0.4) is 0 Å². The van der Waals surface area contributed by atoms with Crippen LogP contribution in [-0.4, -0.2) is 36.1 Å². The van der Waals surface area contributed by atoms with E-state index in [-0.39, 0.29) is 30.3 Å². The van der Waals surface area contributed by atoms with Crippen LogP contribution in [0.15, 0.2) is 48.5 Å². The molecule has 2 aliphatic rings. The monoisotopic (exact) mass is 394 g/mol. The summed E-state index contributed by atoms with van der Waals surface area (Å²) in [6.07, 6.45) is 0.957. The Bertz CT molecular complexity index is 826. The normalized spacial score (nSPS) is 28.2. The van der Waals surface area contributed by atoms with Gasteiger partial charge in [-0.05, 0) is 51.7 Å². The highest BCUT2D eigenvalue weighted by molar-refractivity contribution is 5.75. The van der Waals surface area contributed by atoms with E-state index < -0.39 is 5.79 Å². The van der Waals surface area contributed by atoms with Gasteiger partial charge in [0, 0.05) is 0 Å². The second kappa shape index (κ2) is 7.81. The predicted molar refractivity (Wildman–Crippen MR) is 113 cm³/mol. The molecule has 29 heavy (non-hydrogen) atoms. The molecule has 0 spiro atoms. The minimum absolute atomic E-state index is 0.161. The summed E-state index contributed by atoms with van der Waals surface area (Å²) in [6.45, 7) is 8.04. The second-order valence-corrected chi connectivity index (χ2v) is 8.78. The van der Waals surface area contributed by atoms with Crippen molar-refractivity contribution < 1.29 is 14.3 Å². The van der Waals surface area contributed by atoms with E-state index in [1.807, 2.05) is 13.8 Å². The molecule has 154 valence electrons. The molecular weight excluding hydrogens is 364 g/mol. The first kappa shape index (κ1) is 19.9. The van der Waals surface area contributed by atoms with Gasteiger partial charge in [0.25, 0.3) is 0 Å². The summed E-state index contributed by atoms with van der Waals surface area (Å²) in [4.78, 5) is 12.7. The number of benzene rings is 2. The molecule has 0 saturated carbocycles. The van der Waals surface area contributed by atoms with Crippen LogP contribution in [0.2, 0.25) is 0 Å². The number of rotatable bonds is 4. The molecule has 4 atom stereocenters. The Labute approximate surface area is 172 Å². The van der Waals surface area contributed by atoms with Crippen LogP contribution in [0.25, 0.3) is 0 Å². The topological polar surface area (TPSA) is 59.6 Å². The minimum Gasteiger partial charge on any atom is -0.342 e. The van der Waals surface area contributed by atoms with Crippen molar-refractivity contribution in [2.45, 2.75) is 70.6 Å². The van der Waals surface area contributed by atoms with Crippen molar-refractivity contribution in [1.82, 2.24) is 10.6 Å². The summed E-state index contributed by atoms with van der Waals surface area (Å²) < 4.78 is 12.6. The van der Waals surface area contributed by atoms with Gasteiger partial charge >= 0.3 is 6.03 Å². The molecule has 4 rings (SSSR count). The lowest BCUT2D eigenvalue weighted by Crippen LogP contribution is -2.47. The minimum atomic E-state index is -0.686. The van der Waals surface area contributed by atoms with Gasteiger partial charge in [-0.1, -0.05) is 59.7 Å². The second-order valence-electron chi connectivity index (χ2n) is 8.78. The summed E-state index contributed by atoms with van der Waals surface area (Å²) in [7, 11) is 0. The maximum Gasteiger partial charge on any atom is 0.315 e. The number of carbonyl (C=O) groups excluding carboxylic acids is 1. The molecule has 2 aromatic rings. The number of ether oxygens (including phenoxy) is 2. The van der Waals surface area contributed by atoms with E-state index in [0.717, 1.165) is 0 Å². The average Bonchev–Trinajstić information content (AvgIpc) is 2.91. The largest absolute Gasteiger partial charge is 0.342 e. The first-order valence-corrected chi connectivity index (χ1v) is 10.3. The van der Waals surface area contributed by atoms with Crippen molar-refractivity contribution in [2.24, 2.45) is 0 Å². The summed E-state index contributed by atoms with van der Waals surface area (Å²) in [5, 5.41) is 6.26. The molecule has 5 nitrogen and oxygen atoms in total. The highest BCUT2D eigenvalue weighted by atomic mass is 16.8. The molecule has 0 radical (unpaired) electrons. The van der Waals surface area contributed by atoms with Gasteiger partial charge in [-0.3, -0.25) is 0 Å². The Hall–Kier alpha value is -2.37. The van der Waals surface area contributed by atoms with Crippen LogP contribution >= 0.6 is 0 Å². The summed E-state index contributed by atoms with van der Waals surface area (Å²) in [6, 6.07) is 16.3. The zero-order valence-corrected chi connectivity index (χ0v) is 17.6. The quantitative estimate of drug-likeness (QED) is 0.832. The Morgan fingerprint density at radius 3 is 1.69 bits per heavy atom. The van der Waals surface area contributed by atoms with Crippen molar-refractivity contribution in [3.63, 3.8) is 0 Å². The van der Waals surface area contributed by atoms with Crippen molar-refractivity contribution in [1.29, 1.82) is 0 Å². The Morgan fingerprint density at radius 2 is 1.28 bits per heavy atom. The molecule has 2 heterocycles. The lowest BCUT2D eigenvalue weighted by atomic mass is 9.92. The van der Waals surface area contributed by atoms with Crippen LogP contribution in [0.4, 0.5) is 4.79 Å². The predicted octanol–water partition coefficient (Wildman–Crippen LogP) is 3.66. The van der Waals surface area contributed by atoms with Gasteiger partial charge in [0.2, 0.25) is 0 Å². The number of urea groups is 1. The molecule has 0 bridgehead atoms. The molecule has 0 unspecified atom stereocenters. The molecule has 2 N–H and O–H groups in total. The smallest absolute Gasteiger partial charge is 0.315 e. The zero-order valence-electron chi connectivity index (χ0n) is 17.6. The molecule has 0 aromatic heterocycles. The molecular formula is C24H30N2O3.